The van der Waals surface area contributed by atoms with Crippen LogP contribution in [-0.2, 0) is 9.53 Å². The van der Waals surface area contributed by atoms with E-state index in [9.17, 15) is 9.59 Å². The molecule has 2 amide bonds. The number of fused-ring (bicyclic) bond motifs is 1. The Morgan fingerprint density at radius 1 is 1.33 bits per heavy atom. The fourth-order valence-corrected chi connectivity index (χ4v) is 2.75. The smallest absolute Gasteiger partial charge is 0.417 e. The molecule has 3 rings (SSSR count). The second kappa shape index (κ2) is 6.27. The number of hydrogen-bond donors (Lipinski definition) is 1. The first-order valence-corrected chi connectivity index (χ1v) is 8.01. The molecule has 3 aliphatic heterocycles. The number of aliphatic imine (C=N–C) groups is 1. The van der Waals surface area contributed by atoms with E-state index in [1.165, 1.54) is 4.90 Å². The largest absolute Gasteiger partial charge is 0.443 e. The Morgan fingerprint density at radius 3 is 2.79 bits per heavy atom. The Labute approximate surface area is 140 Å². The number of nitrogens with one attached hydrogen (secondary N) is 1. The maximum absolute atomic E-state index is 13.0. The average molecular weight is 331 g/mol. The monoisotopic (exact) mass is 331 g/mol. The Hall–Kier alpha value is -2.35. The van der Waals surface area contributed by atoms with Crippen LogP contribution in [0.5, 0.6) is 0 Å². The number of ether oxygens (including phenoxy) is 1. The van der Waals surface area contributed by atoms with Gasteiger partial charge in [-0.05, 0) is 33.7 Å². The first-order chi connectivity index (χ1) is 11.4. The summed E-state index contributed by atoms with van der Waals surface area (Å²) >= 11 is 0. The third-order valence-corrected chi connectivity index (χ3v) is 3.84. The minimum atomic E-state index is -0.685. The quantitative estimate of drug-likeness (QED) is 0.824. The molecule has 8 heteroatoms. The highest BCUT2D eigenvalue weighted by Gasteiger charge is 2.40. The van der Waals surface area contributed by atoms with Gasteiger partial charge < -0.3 is 10.1 Å². The third-order valence-electron chi connectivity index (χ3n) is 3.84. The molecule has 0 aromatic carbocycles. The van der Waals surface area contributed by atoms with Crippen molar-refractivity contribution in [1.29, 1.82) is 0 Å². The molecule has 0 radical (unpaired) electrons. The SMILES string of the molecule is CC(C)(C)OC(=O)N(C(=O)C1=NN=C2CC=NC=C21)C1CCNC1. The van der Waals surface area contributed by atoms with Gasteiger partial charge in [0, 0.05) is 31.0 Å². The molecule has 8 nitrogen and oxygen atoms in total. The van der Waals surface area contributed by atoms with Crippen LogP contribution < -0.4 is 5.32 Å². The van der Waals surface area contributed by atoms with E-state index in [1.807, 2.05) is 0 Å². The van der Waals surface area contributed by atoms with Crippen LogP contribution in [0.4, 0.5) is 4.79 Å². The zero-order valence-electron chi connectivity index (χ0n) is 14.1. The molecule has 0 spiro atoms. The lowest BCUT2D eigenvalue weighted by molar-refractivity contribution is -0.125. The summed E-state index contributed by atoms with van der Waals surface area (Å²) in [5.41, 5.74) is 0.749. The van der Waals surface area contributed by atoms with Gasteiger partial charge in [-0.15, -0.1) is 5.10 Å². The highest BCUT2D eigenvalue weighted by Crippen LogP contribution is 2.21. The van der Waals surface area contributed by atoms with Crippen LogP contribution in [0.3, 0.4) is 0 Å². The maximum atomic E-state index is 13.0. The predicted molar refractivity (Wildman–Crippen MR) is 90.4 cm³/mol. The van der Waals surface area contributed by atoms with Crippen molar-refractivity contribution in [3.8, 4) is 0 Å². The van der Waals surface area contributed by atoms with Crippen LogP contribution in [-0.4, -0.2) is 59.3 Å². The molecule has 0 saturated carbocycles. The van der Waals surface area contributed by atoms with Crippen LogP contribution in [0.25, 0.3) is 0 Å². The van der Waals surface area contributed by atoms with Crippen molar-refractivity contribution >= 4 is 29.6 Å². The van der Waals surface area contributed by atoms with Crippen molar-refractivity contribution in [2.24, 2.45) is 15.2 Å². The Bertz CT molecular complexity index is 678. The van der Waals surface area contributed by atoms with E-state index < -0.39 is 17.6 Å². The Kier molecular flexibility index (Phi) is 4.31. The van der Waals surface area contributed by atoms with Gasteiger partial charge in [-0.3, -0.25) is 9.79 Å². The van der Waals surface area contributed by atoms with Crippen LogP contribution in [0, 0.1) is 0 Å². The van der Waals surface area contributed by atoms with Crippen molar-refractivity contribution in [2.45, 2.75) is 45.3 Å². The summed E-state index contributed by atoms with van der Waals surface area (Å²) in [6.45, 7) is 6.61. The van der Waals surface area contributed by atoms with E-state index in [2.05, 4.69) is 20.5 Å². The molecule has 1 fully saturated rings. The van der Waals surface area contributed by atoms with E-state index in [0.717, 1.165) is 6.54 Å². The van der Waals surface area contributed by atoms with Crippen LogP contribution >= 0.6 is 0 Å². The van der Waals surface area contributed by atoms with Crippen molar-refractivity contribution in [3.63, 3.8) is 0 Å². The Balaban J connectivity index is 1.85. The number of rotatable bonds is 2. The van der Waals surface area contributed by atoms with Crippen LogP contribution in [0.15, 0.2) is 27.0 Å². The molecule has 3 aliphatic rings. The molecule has 0 bridgehead atoms. The lowest BCUT2D eigenvalue weighted by Crippen LogP contribution is -2.50. The topological polar surface area (TPSA) is 95.7 Å². The van der Waals surface area contributed by atoms with Gasteiger partial charge in [0.1, 0.15) is 5.60 Å². The van der Waals surface area contributed by atoms with E-state index in [1.54, 1.807) is 33.2 Å². The molecule has 128 valence electrons. The minimum absolute atomic E-state index is 0.152. The number of carbonyl (C=O) groups excluding carboxylic acids is 2. The van der Waals surface area contributed by atoms with Gasteiger partial charge in [-0.2, -0.15) is 5.10 Å². The van der Waals surface area contributed by atoms with Gasteiger partial charge in [0.05, 0.1) is 11.8 Å². The fraction of sp³-hybridized carbons (Fsp3) is 0.562. The second-order valence-corrected chi connectivity index (χ2v) is 6.88. The van der Waals surface area contributed by atoms with Gasteiger partial charge in [0.25, 0.3) is 5.91 Å². The standard InChI is InChI=1S/C16H21N5O3/c1-16(2,3)24-15(23)21(10-4-6-17-8-10)14(22)13-11-9-18-7-5-12(11)19-20-13/h7,9-10,17H,4-6,8H2,1-3H3. The average Bonchev–Trinajstić information content (AvgIpc) is 3.14. The van der Waals surface area contributed by atoms with Gasteiger partial charge in [0.15, 0.2) is 5.71 Å². The van der Waals surface area contributed by atoms with Crippen molar-refractivity contribution in [2.75, 3.05) is 13.1 Å². The molecule has 1 atom stereocenters. The molecule has 24 heavy (non-hydrogen) atoms. The van der Waals surface area contributed by atoms with Gasteiger partial charge in [0.2, 0.25) is 0 Å². The highest BCUT2D eigenvalue weighted by molar-refractivity contribution is 6.54. The third kappa shape index (κ3) is 3.28. The fourth-order valence-electron chi connectivity index (χ4n) is 2.75. The lowest BCUT2D eigenvalue weighted by atomic mass is 10.0. The van der Waals surface area contributed by atoms with E-state index in [0.29, 0.717) is 30.7 Å². The van der Waals surface area contributed by atoms with Crippen molar-refractivity contribution in [3.05, 3.63) is 11.8 Å². The Morgan fingerprint density at radius 2 is 2.12 bits per heavy atom. The van der Waals surface area contributed by atoms with Gasteiger partial charge in [-0.1, -0.05) is 0 Å². The molecule has 1 N–H and O–H groups in total. The molecule has 0 aliphatic carbocycles. The number of amides is 2. The summed E-state index contributed by atoms with van der Waals surface area (Å²) in [6.07, 6.45) is 3.83. The summed E-state index contributed by atoms with van der Waals surface area (Å²) in [5.74, 6) is -0.486. The molecule has 0 aromatic heterocycles. The molecule has 3 heterocycles. The number of imide groups is 1. The molecule has 1 unspecified atom stereocenters. The van der Waals surface area contributed by atoms with Crippen LogP contribution in [0.1, 0.15) is 33.6 Å². The summed E-state index contributed by atoms with van der Waals surface area (Å²) in [6, 6.07) is -0.258. The van der Waals surface area contributed by atoms with E-state index in [-0.39, 0.29) is 11.8 Å². The minimum Gasteiger partial charge on any atom is -0.443 e. The molecule has 1 saturated heterocycles. The van der Waals surface area contributed by atoms with Crippen molar-refractivity contribution < 1.29 is 14.3 Å². The normalized spacial score (nSPS) is 22.5. The van der Waals surface area contributed by atoms with Crippen LogP contribution in [0.2, 0.25) is 0 Å². The lowest BCUT2D eigenvalue weighted by Gasteiger charge is -2.29. The van der Waals surface area contributed by atoms with E-state index in [4.69, 9.17) is 4.74 Å². The molecular weight excluding hydrogens is 310 g/mol. The number of hydrogen-bond acceptors (Lipinski definition) is 7. The summed E-state index contributed by atoms with van der Waals surface area (Å²) in [5, 5.41) is 11.2. The second-order valence-electron chi connectivity index (χ2n) is 6.88. The maximum Gasteiger partial charge on any atom is 0.417 e. The van der Waals surface area contributed by atoms with Crippen molar-refractivity contribution in [1.82, 2.24) is 10.2 Å². The zero-order valence-corrected chi connectivity index (χ0v) is 14.1. The number of nitrogens with zero attached hydrogens (tertiary/aromatic N) is 4. The summed E-state index contributed by atoms with van der Waals surface area (Å²) < 4.78 is 5.43. The van der Waals surface area contributed by atoms with Gasteiger partial charge >= 0.3 is 6.09 Å². The first kappa shape index (κ1) is 16.5. The zero-order chi connectivity index (χ0) is 17.3. The summed E-state index contributed by atoms with van der Waals surface area (Å²) in [7, 11) is 0. The predicted octanol–water partition coefficient (Wildman–Crippen LogP) is 1.28. The highest BCUT2D eigenvalue weighted by atomic mass is 16.6. The number of carbonyl (C=O) groups is 2. The molecular formula is C16H21N5O3. The van der Waals surface area contributed by atoms with Gasteiger partial charge in [-0.25, -0.2) is 9.69 Å². The summed E-state index contributed by atoms with van der Waals surface area (Å²) in [4.78, 5) is 30.9. The van der Waals surface area contributed by atoms with E-state index >= 15 is 0 Å². The molecule has 0 aromatic rings. The first-order valence-electron chi connectivity index (χ1n) is 8.01.